The molecule has 1 unspecified atom stereocenters. The van der Waals surface area contributed by atoms with Crippen molar-refractivity contribution in [1.82, 2.24) is 0 Å². The Bertz CT molecular complexity index is 83.8. The first-order valence-electron chi connectivity index (χ1n) is 3.64. The van der Waals surface area contributed by atoms with Gasteiger partial charge in [-0.05, 0) is 12.5 Å². The Kier molecular flexibility index (Phi) is 11.1. The zero-order valence-electron chi connectivity index (χ0n) is 7.41. The van der Waals surface area contributed by atoms with Crippen molar-refractivity contribution in [3.05, 3.63) is 0 Å². The van der Waals surface area contributed by atoms with E-state index in [1.54, 1.807) is 0 Å². The first kappa shape index (κ1) is 13.0. The van der Waals surface area contributed by atoms with Gasteiger partial charge in [0.15, 0.2) is 0 Å². The molecule has 0 bridgehead atoms. The Morgan fingerprint density at radius 3 is 1.91 bits per heavy atom. The molecule has 0 aromatic heterocycles. The summed E-state index contributed by atoms with van der Waals surface area (Å²) >= 11 is 0. The molecule has 0 rings (SSSR count). The summed E-state index contributed by atoms with van der Waals surface area (Å²) in [5.74, 6) is 0. The number of carbonyl (C=O) groups is 1. The Balaban J connectivity index is 0. The number of hydrogen-bond acceptors (Lipinski definition) is 4. The van der Waals surface area contributed by atoms with Crippen LogP contribution in [0.3, 0.4) is 0 Å². The maximum Gasteiger partial charge on any atom is 0.294 e. The zero-order valence-corrected chi connectivity index (χ0v) is 7.41. The van der Waals surface area contributed by atoms with Crippen LogP contribution in [0.25, 0.3) is 0 Å². The van der Waals surface area contributed by atoms with E-state index >= 15 is 0 Å². The van der Waals surface area contributed by atoms with Crippen LogP contribution in [0.2, 0.25) is 0 Å². The van der Waals surface area contributed by atoms with Gasteiger partial charge in [0.2, 0.25) is 0 Å². The molecule has 0 radical (unpaired) electrons. The number of hydrogen-bond donors (Lipinski definition) is 2. The number of rotatable bonds is 3. The largest absolute Gasteiger partial charge is 0.449 e. The van der Waals surface area contributed by atoms with E-state index < -0.39 is 6.23 Å². The van der Waals surface area contributed by atoms with Crippen molar-refractivity contribution in [2.45, 2.75) is 39.5 Å². The average Bonchev–Trinajstić information content (AvgIpc) is 1.87. The quantitative estimate of drug-likeness (QED) is 0.459. The molecule has 0 amide bonds. The third-order valence-electron chi connectivity index (χ3n) is 0.633. The monoisotopic (exact) mass is 162 g/mol. The molecule has 11 heavy (non-hydrogen) atoms. The summed E-state index contributed by atoms with van der Waals surface area (Å²) in [6, 6.07) is 0.333. The van der Waals surface area contributed by atoms with Crippen molar-refractivity contribution in [3.63, 3.8) is 0 Å². The topological polar surface area (TPSA) is 78.3 Å². The molecule has 4 nitrogen and oxygen atoms in total. The van der Waals surface area contributed by atoms with Crippen LogP contribution in [-0.2, 0) is 9.53 Å². The van der Waals surface area contributed by atoms with Crippen LogP contribution in [0.15, 0.2) is 0 Å². The Morgan fingerprint density at radius 1 is 1.45 bits per heavy atom. The van der Waals surface area contributed by atoms with Gasteiger partial charge in [-0.1, -0.05) is 20.8 Å². The van der Waals surface area contributed by atoms with E-state index in [9.17, 15) is 4.79 Å². The summed E-state index contributed by atoms with van der Waals surface area (Å²) in [5, 5.41) is 0. The molecule has 0 aliphatic carbocycles. The van der Waals surface area contributed by atoms with E-state index in [1.807, 2.05) is 20.8 Å². The molecule has 1 atom stereocenters. The van der Waals surface area contributed by atoms with Crippen LogP contribution in [0.4, 0.5) is 0 Å². The normalized spacial score (nSPS) is 11.5. The number of ether oxygens (including phenoxy) is 1. The summed E-state index contributed by atoms with van der Waals surface area (Å²) in [4.78, 5) is 9.47. The number of nitrogens with two attached hydrogens (primary N) is 2. The highest BCUT2D eigenvalue weighted by atomic mass is 16.5. The second-order valence-electron chi connectivity index (χ2n) is 2.42. The van der Waals surface area contributed by atoms with Gasteiger partial charge in [-0.15, -0.1) is 0 Å². The summed E-state index contributed by atoms with van der Waals surface area (Å²) in [7, 11) is 0. The van der Waals surface area contributed by atoms with Gasteiger partial charge >= 0.3 is 0 Å². The van der Waals surface area contributed by atoms with E-state index in [2.05, 4.69) is 4.74 Å². The predicted molar refractivity (Wildman–Crippen MR) is 44.7 cm³/mol. The second-order valence-corrected chi connectivity index (χ2v) is 2.42. The van der Waals surface area contributed by atoms with Crippen LogP contribution in [0.5, 0.6) is 0 Å². The maximum absolute atomic E-state index is 9.47. The van der Waals surface area contributed by atoms with Crippen molar-refractivity contribution < 1.29 is 9.53 Å². The van der Waals surface area contributed by atoms with Gasteiger partial charge in [0.1, 0.15) is 6.23 Å². The van der Waals surface area contributed by atoms with Crippen molar-refractivity contribution in [3.8, 4) is 0 Å². The third kappa shape index (κ3) is 26.6. The smallest absolute Gasteiger partial charge is 0.294 e. The van der Waals surface area contributed by atoms with Crippen molar-refractivity contribution in [1.29, 1.82) is 0 Å². The summed E-state index contributed by atoms with van der Waals surface area (Å²) in [5.41, 5.74) is 10.2. The van der Waals surface area contributed by atoms with Gasteiger partial charge < -0.3 is 10.5 Å². The molecule has 0 aliphatic heterocycles. The van der Waals surface area contributed by atoms with Gasteiger partial charge in [-0.25, -0.2) is 0 Å². The lowest BCUT2D eigenvalue weighted by Gasteiger charge is -2.02. The fourth-order valence-electron chi connectivity index (χ4n) is 0.168. The van der Waals surface area contributed by atoms with E-state index in [0.29, 0.717) is 18.9 Å². The fraction of sp³-hybridized carbons (Fsp3) is 0.857. The average molecular weight is 162 g/mol. The summed E-state index contributed by atoms with van der Waals surface area (Å²) in [6.45, 7) is 6.09. The molecular formula is C7H18N2O2. The molecule has 4 heteroatoms. The van der Waals surface area contributed by atoms with Gasteiger partial charge in [0.25, 0.3) is 6.47 Å². The van der Waals surface area contributed by atoms with E-state index in [0.717, 1.165) is 0 Å². The van der Waals surface area contributed by atoms with Crippen LogP contribution < -0.4 is 11.5 Å². The lowest BCUT2D eigenvalue weighted by molar-refractivity contribution is -0.133. The molecule has 0 aromatic rings. The van der Waals surface area contributed by atoms with Crippen LogP contribution in [-0.4, -0.2) is 18.7 Å². The fourth-order valence-corrected chi connectivity index (χ4v) is 0.168. The lowest BCUT2D eigenvalue weighted by atomic mass is 10.4. The highest BCUT2D eigenvalue weighted by Crippen LogP contribution is 1.82. The maximum atomic E-state index is 9.47. The van der Waals surface area contributed by atoms with Crippen LogP contribution in [0, 0.1) is 0 Å². The SMILES string of the molecule is CC(C)N.CCC(N)OC=O. The zero-order chi connectivity index (χ0) is 9.28. The van der Waals surface area contributed by atoms with Gasteiger partial charge in [-0.2, -0.15) is 0 Å². The van der Waals surface area contributed by atoms with Gasteiger partial charge in [0.05, 0.1) is 0 Å². The minimum Gasteiger partial charge on any atom is -0.449 e. The van der Waals surface area contributed by atoms with Crippen molar-refractivity contribution in [2.24, 2.45) is 11.5 Å². The van der Waals surface area contributed by atoms with E-state index in [4.69, 9.17) is 11.5 Å². The minimum absolute atomic E-state index is 0.333. The molecule has 0 saturated carbocycles. The Hall–Kier alpha value is -0.610. The molecule has 0 aromatic carbocycles. The molecule has 0 fully saturated rings. The lowest BCUT2D eigenvalue weighted by Crippen LogP contribution is -2.21. The van der Waals surface area contributed by atoms with Gasteiger partial charge in [-0.3, -0.25) is 10.5 Å². The highest BCUT2D eigenvalue weighted by molar-refractivity contribution is 5.37. The molecular weight excluding hydrogens is 144 g/mol. The highest BCUT2D eigenvalue weighted by Gasteiger charge is 1.92. The van der Waals surface area contributed by atoms with Crippen LogP contribution >= 0.6 is 0 Å². The third-order valence-corrected chi connectivity index (χ3v) is 0.633. The molecule has 68 valence electrons. The van der Waals surface area contributed by atoms with Crippen molar-refractivity contribution in [2.75, 3.05) is 0 Å². The number of carbonyl (C=O) groups excluding carboxylic acids is 1. The van der Waals surface area contributed by atoms with Crippen LogP contribution in [0.1, 0.15) is 27.2 Å². The summed E-state index contributed by atoms with van der Waals surface area (Å²) in [6.07, 6.45) is 0.246. The first-order valence-corrected chi connectivity index (χ1v) is 3.64. The molecule has 0 saturated heterocycles. The standard InChI is InChI=1S/C4H9NO2.C3H9N/c1-2-4(5)7-3-6;1-3(2)4/h3-4H,2,5H2,1H3;3H,4H2,1-2H3. The minimum atomic E-state index is -0.419. The molecule has 0 heterocycles. The predicted octanol–water partition coefficient (Wildman–Crippen LogP) is 0.208. The van der Waals surface area contributed by atoms with Gasteiger partial charge in [0, 0.05) is 0 Å². The van der Waals surface area contributed by atoms with E-state index in [-0.39, 0.29) is 0 Å². The molecule has 0 spiro atoms. The summed E-state index contributed by atoms with van der Waals surface area (Å²) < 4.78 is 4.29. The van der Waals surface area contributed by atoms with E-state index in [1.165, 1.54) is 0 Å². The Labute approximate surface area is 67.9 Å². The second kappa shape index (κ2) is 9.39. The molecule has 0 aliphatic rings. The Morgan fingerprint density at radius 2 is 1.82 bits per heavy atom. The first-order chi connectivity index (χ1) is 5.04. The van der Waals surface area contributed by atoms with Crippen molar-refractivity contribution >= 4 is 6.47 Å². The molecule has 4 N–H and O–H groups in total.